The van der Waals surface area contributed by atoms with Crippen molar-refractivity contribution in [2.45, 2.75) is 56.3 Å². The van der Waals surface area contributed by atoms with E-state index in [0.29, 0.717) is 5.56 Å². The first-order valence-corrected chi connectivity index (χ1v) is 10.9. The number of hydrogen-bond acceptors (Lipinski definition) is 8. The third-order valence-electron chi connectivity index (χ3n) is 4.93. The predicted octanol–water partition coefficient (Wildman–Crippen LogP) is -2.09. The van der Waals surface area contributed by atoms with E-state index in [0.717, 1.165) is 0 Å². The highest BCUT2D eigenvalue weighted by Gasteiger charge is 2.32. The van der Waals surface area contributed by atoms with Crippen LogP contribution >= 0.6 is 0 Å². The Balaban J connectivity index is 3.11. The van der Waals surface area contributed by atoms with E-state index in [1.807, 2.05) is 5.32 Å². The fourth-order valence-corrected chi connectivity index (χ4v) is 3.05. The summed E-state index contributed by atoms with van der Waals surface area (Å²) in [5.41, 5.74) is 6.11. The predicted molar refractivity (Wildman–Crippen MR) is 123 cm³/mol. The molecule has 0 saturated carbocycles. The van der Waals surface area contributed by atoms with Crippen LogP contribution in [0.5, 0.6) is 0 Å². The minimum absolute atomic E-state index is 0.191. The van der Waals surface area contributed by atoms with Crippen LogP contribution in [0.3, 0.4) is 0 Å². The second-order valence-corrected chi connectivity index (χ2v) is 7.95. The van der Waals surface area contributed by atoms with Gasteiger partial charge in [-0.3, -0.25) is 28.8 Å². The molecular weight excluding hydrogens is 496 g/mol. The maximum absolute atomic E-state index is 12.9. The summed E-state index contributed by atoms with van der Waals surface area (Å²) in [6, 6.07) is 1.73. The van der Waals surface area contributed by atoms with Gasteiger partial charge in [-0.15, -0.1) is 0 Å². The van der Waals surface area contributed by atoms with Gasteiger partial charge in [0.1, 0.15) is 18.1 Å². The fraction of sp³-hybridized carbons (Fsp3) is 0.409. The van der Waals surface area contributed by atoms with Crippen molar-refractivity contribution in [3.63, 3.8) is 0 Å². The number of carboxylic acid groups (broad SMARTS) is 4. The lowest BCUT2D eigenvalue weighted by atomic mass is 10.0. The molecular formula is C22H28N4O11. The average Bonchev–Trinajstić information content (AvgIpc) is 2.80. The van der Waals surface area contributed by atoms with Gasteiger partial charge in [0.05, 0.1) is 18.9 Å². The number of benzene rings is 1. The Morgan fingerprint density at radius 3 is 1.68 bits per heavy atom. The molecule has 0 spiro atoms. The third kappa shape index (κ3) is 11.6. The first-order valence-electron chi connectivity index (χ1n) is 10.9. The van der Waals surface area contributed by atoms with Crippen LogP contribution in [0, 0.1) is 0 Å². The highest BCUT2D eigenvalue weighted by Crippen LogP contribution is 2.07. The highest BCUT2D eigenvalue weighted by atomic mass is 16.4. The largest absolute Gasteiger partial charge is 0.481 e. The van der Waals surface area contributed by atoms with Crippen molar-refractivity contribution in [3.8, 4) is 0 Å². The van der Waals surface area contributed by atoms with Gasteiger partial charge in [-0.05, 0) is 12.0 Å². The first kappa shape index (κ1) is 30.5. The molecule has 0 saturated heterocycles. The number of hydrogen-bond donors (Lipinski definition) is 8. The van der Waals surface area contributed by atoms with Crippen LogP contribution in [0.2, 0.25) is 0 Å². The number of aliphatic carboxylic acids is 4. The number of nitrogens with two attached hydrogens (primary N) is 1. The topological polar surface area (TPSA) is 263 Å². The SMILES string of the molecule is NC(CCC(=O)O)C(=O)NC(CC(=O)O)C(=O)NC(Cc1ccccc1)C(=O)NC(CC(=O)O)C(=O)O. The van der Waals surface area contributed by atoms with Crippen LogP contribution < -0.4 is 21.7 Å². The molecule has 0 aromatic heterocycles. The number of carboxylic acids is 4. The summed E-state index contributed by atoms with van der Waals surface area (Å²) in [5.74, 6) is -9.03. The van der Waals surface area contributed by atoms with E-state index in [1.165, 1.54) is 0 Å². The van der Waals surface area contributed by atoms with Gasteiger partial charge < -0.3 is 42.1 Å². The third-order valence-corrected chi connectivity index (χ3v) is 4.93. The Hall–Kier alpha value is -4.53. The van der Waals surface area contributed by atoms with Gasteiger partial charge >= 0.3 is 23.9 Å². The monoisotopic (exact) mass is 524 g/mol. The van der Waals surface area contributed by atoms with Crippen LogP contribution in [0.15, 0.2) is 30.3 Å². The molecule has 15 heteroatoms. The number of nitrogens with one attached hydrogen (secondary N) is 3. The molecule has 37 heavy (non-hydrogen) atoms. The summed E-state index contributed by atoms with van der Waals surface area (Å²) < 4.78 is 0. The molecule has 4 atom stereocenters. The van der Waals surface area contributed by atoms with Crippen LogP contribution in [-0.2, 0) is 40.0 Å². The molecule has 0 aliphatic heterocycles. The summed E-state index contributed by atoms with van der Waals surface area (Å²) in [4.78, 5) is 82.3. The molecule has 1 aromatic rings. The van der Waals surface area contributed by atoms with Gasteiger partial charge in [-0.1, -0.05) is 30.3 Å². The van der Waals surface area contributed by atoms with Crippen molar-refractivity contribution in [1.29, 1.82) is 0 Å². The lowest BCUT2D eigenvalue weighted by molar-refractivity contribution is -0.147. The van der Waals surface area contributed by atoms with Gasteiger partial charge in [0.2, 0.25) is 17.7 Å². The summed E-state index contributed by atoms with van der Waals surface area (Å²) in [5, 5.41) is 42.4. The van der Waals surface area contributed by atoms with Crippen LogP contribution in [0.4, 0.5) is 0 Å². The molecule has 1 aromatic carbocycles. The zero-order valence-electron chi connectivity index (χ0n) is 19.5. The molecule has 4 unspecified atom stereocenters. The van der Waals surface area contributed by atoms with E-state index in [1.54, 1.807) is 30.3 Å². The van der Waals surface area contributed by atoms with Crippen LogP contribution in [0.25, 0.3) is 0 Å². The lowest BCUT2D eigenvalue weighted by Gasteiger charge is -2.24. The van der Waals surface area contributed by atoms with E-state index < -0.39 is 85.0 Å². The van der Waals surface area contributed by atoms with E-state index in [4.69, 9.17) is 21.1 Å². The Bertz CT molecular complexity index is 1020. The Morgan fingerprint density at radius 2 is 1.16 bits per heavy atom. The second kappa shape index (κ2) is 14.8. The van der Waals surface area contributed by atoms with Crippen molar-refractivity contribution < 1.29 is 54.0 Å². The normalized spacial score (nSPS) is 13.8. The maximum atomic E-state index is 12.9. The van der Waals surface area contributed by atoms with E-state index in [-0.39, 0.29) is 12.8 Å². The minimum Gasteiger partial charge on any atom is -0.481 e. The summed E-state index contributed by atoms with van der Waals surface area (Å²) in [7, 11) is 0. The Labute approximate surface area is 210 Å². The zero-order valence-corrected chi connectivity index (χ0v) is 19.5. The Morgan fingerprint density at radius 1 is 0.676 bits per heavy atom. The first-order chi connectivity index (χ1) is 17.3. The summed E-state index contributed by atoms with van der Waals surface area (Å²) in [6.07, 6.45) is -2.80. The minimum atomic E-state index is -1.82. The average molecular weight is 524 g/mol. The lowest BCUT2D eigenvalue weighted by Crippen LogP contribution is -2.58. The van der Waals surface area contributed by atoms with Crippen molar-refractivity contribution in [3.05, 3.63) is 35.9 Å². The molecule has 202 valence electrons. The quantitative estimate of drug-likeness (QED) is 0.116. The van der Waals surface area contributed by atoms with Gasteiger partial charge in [0.25, 0.3) is 0 Å². The Kier molecular flexibility index (Phi) is 12.2. The molecule has 15 nitrogen and oxygen atoms in total. The van der Waals surface area contributed by atoms with Gasteiger partial charge in [-0.25, -0.2) is 4.79 Å². The zero-order chi connectivity index (χ0) is 28.1. The molecule has 0 bridgehead atoms. The highest BCUT2D eigenvalue weighted by molar-refractivity contribution is 5.96. The van der Waals surface area contributed by atoms with E-state index >= 15 is 0 Å². The van der Waals surface area contributed by atoms with Crippen molar-refractivity contribution in [2.75, 3.05) is 0 Å². The van der Waals surface area contributed by atoms with Gasteiger partial charge in [-0.2, -0.15) is 0 Å². The molecule has 0 heterocycles. The molecule has 0 radical (unpaired) electrons. The number of amides is 3. The van der Waals surface area contributed by atoms with E-state index in [2.05, 4.69) is 10.6 Å². The maximum Gasteiger partial charge on any atom is 0.326 e. The molecule has 0 aliphatic carbocycles. The van der Waals surface area contributed by atoms with Crippen LogP contribution in [0.1, 0.15) is 31.2 Å². The standard InChI is InChI=1S/C22H28N4O11/c23-12(6-7-16(27)28)19(33)24-14(9-17(29)30)21(35)25-13(8-11-4-2-1-3-5-11)20(34)26-15(22(36)37)10-18(31)32/h1-5,12-15H,6-10,23H2,(H,24,33)(H,25,35)(H,26,34)(H,27,28)(H,29,30)(H,31,32)(H,36,37). The van der Waals surface area contributed by atoms with Crippen molar-refractivity contribution >= 4 is 41.6 Å². The molecule has 0 fully saturated rings. The summed E-state index contributed by atoms with van der Waals surface area (Å²) >= 11 is 0. The second-order valence-electron chi connectivity index (χ2n) is 7.95. The van der Waals surface area contributed by atoms with E-state index in [9.17, 15) is 38.7 Å². The van der Waals surface area contributed by atoms with Crippen LogP contribution in [-0.4, -0.2) is 86.2 Å². The number of rotatable bonds is 16. The molecule has 1 rings (SSSR count). The summed E-state index contributed by atoms with van der Waals surface area (Å²) in [6.45, 7) is 0. The fourth-order valence-electron chi connectivity index (χ4n) is 3.05. The smallest absolute Gasteiger partial charge is 0.326 e. The van der Waals surface area contributed by atoms with Gasteiger partial charge in [0.15, 0.2) is 0 Å². The van der Waals surface area contributed by atoms with Crippen molar-refractivity contribution in [2.24, 2.45) is 5.73 Å². The molecule has 3 amide bonds. The molecule has 0 aliphatic rings. The molecule has 9 N–H and O–H groups in total. The van der Waals surface area contributed by atoms with Crippen molar-refractivity contribution in [1.82, 2.24) is 16.0 Å². The van der Waals surface area contributed by atoms with Gasteiger partial charge in [0, 0.05) is 12.8 Å². The number of carbonyl (C=O) groups is 7. The number of carbonyl (C=O) groups excluding carboxylic acids is 3.